The molecule has 0 aliphatic carbocycles. The van der Waals surface area contributed by atoms with Crippen LogP contribution in [0.3, 0.4) is 0 Å². The zero-order chi connectivity index (χ0) is 15.7. The van der Waals surface area contributed by atoms with E-state index in [2.05, 4.69) is 23.3 Å². The second-order valence-electron chi connectivity index (χ2n) is 3.90. The van der Waals surface area contributed by atoms with Gasteiger partial charge in [0.25, 0.3) is 0 Å². The third kappa shape index (κ3) is 10.3. The predicted octanol–water partition coefficient (Wildman–Crippen LogP) is -2.21. The molecular weight excluding hydrogens is 398 g/mol. The van der Waals surface area contributed by atoms with Crippen molar-refractivity contribution in [1.82, 2.24) is 10.6 Å². The van der Waals surface area contributed by atoms with Crippen molar-refractivity contribution in [3.63, 3.8) is 0 Å². The summed E-state index contributed by atoms with van der Waals surface area (Å²) >= 11 is 3.87. The van der Waals surface area contributed by atoms with Gasteiger partial charge >= 0.3 is 11.9 Å². The number of nitrogens with two attached hydrogens (primary N) is 1. The molecule has 1 radical (unpaired) electrons. The SMILES string of the molecule is NC(CCC(=O)NC(CS)C(=O)NCC(=O)O)C(=O)O.[Ag]. The van der Waals surface area contributed by atoms with Crippen LogP contribution in [0.2, 0.25) is 0 Å². The Morgan fingerprint density at radius 1 is 1.19 bits per heavy atom. The van der Waals surface area contributed by atoms with E-state index in [1.165, 1.54) is 0 Å². The van der Waals surface area contributed by atoms with Gasteiger partial charge in [0, 0.05) is 34.6 Å². The molecule has 0 saturated carbocycles. The van der Waals surface area contributed by atoms with Crippen LogP contribution in [0.1, 0.15) is 12.8 Å². The molecule has 2 atom stereocenters. The molecule has 0 fully saturated rings. The van der Waals surface area contributed by atoms with E-state index in [9.17, 15) is 19.2 Å². The standard InChI is InChI=1S/C10H17N3O6S.Ag/c11-5(10(18)19)1-2-7(14)13-6(4-20)9(17)12-3-8(15)16;/h5-6,20H,1-4,11H2,(H,12,17)(H,13,14)(H,15,16)(H,18,19);. The van der Waals surface area contributed by atoms with Crippen LogP contribution in [-0.4, -0.2) is 58.3 Å². The van der Waals surface area contributed by atoms with Gasteiger partial charge in [-0.2, -0.15) is 12.6 Å². The summed E-state index contributed by atoms with van der Waals surface area (Å²) in [6.45, 7) is -0.567. The number of carboxylic acid groups (broad SMARTS) is 2. The van der Waals surface area contributed by atoms with E-state index in [1.54, 1.807) is 0 Å². The molecule has 2 unspecified atom stereocenters. The molecule has 9 nitrogen and oxygen atoms in total. The first-order valence-corrected chi connectivity index (χ1v) is 6.29. The van der Waals surface area contributed by atoms with E-state index in [0.29, 0.717) is 0 Å². The Hall–Kier alpha value is -1.07. The van der Waals surface area contributed by atoms with Crippen LogP contribution in [0, 0.1) is 0 Å². The van der Waals surface area contributed by atoms with Crippen LogP contribution in [0.5, 0.6) is 0 Å². The summed E-state index contributed by atoms with van der Waals surface area (Å²) in [6, 6.07) is -2.15. The second kappa shape index (κ2) is 11.6. The van der Waals surface area contributed by atoms with Crippen LogP contribution >= 0.6 is 12.6 Å². The average molecular weight is 415 g/mol. The molecule has 0 heterocycles. The number of rotatable bonds is 9. The maximum atomic E-state index is 11.5. The molecule has 0 aromatic heterocycles. The summed E-state index contributed by atoms with van der Waals surface area (Å²) in [5, 5.41) is 21.4. The first-order valence-electron chi connectivity index (χ1n) is 5.66. The zero-order valence-electron chi connectivity index (χ0n) is 10.8. The Balaban J connectivity index is 0. The number of amides is 2. The molecule has 0 spiro atoms. The van der Waals surface area contributed by atoms with Gasteiger partial charge in [-0.1, -0.05) is 0 Å². The van der Waals surface area contributed by atoms with Gasteiger partial charge in [-0.25, -0.2) is 0 Å². The number of hydrogen-bond donors (Lipinski definition) is 6. The van der Waals surface area contributed by atoms with E-state index in [4.69, 9.17) is 15.9 Å². The van der Waals surface area contributed by atoms with Crippen molar-refractivity contribution < 1.29 is 51.8 Å². The van der Waals surface area contributed by atoms with E-state index < -0.39 is 42.4 Å². The van der Waals surface area contributed by atoms with Gasteiger partial charge in [-0.15, -0.1) is 0 Å². The number of nitrogens with one attached hydrogen (secondary N) is 2. The topological polar surface area (TPSA) is 159 Å². The van der Waals surface area contributed by atoms with E-state index in [-0.39, 0.29) is 41.0 Å². The largest absolute Gasteiger partial charge is 0.480 e. The van der Waals surface area contributed by atoms with Gasteiger partial charge in [0.15, 0.2) is 0 Å². The molecule has 0 rings (SSSR count). The molecule has 0 aromatic carbocycles. The predicted molar refractivity (Wildman–Crippen MR) is 71.3 cm³/mol. The number of carbonyl (C=O) groups is 4. The minimum absolute atomic E-state index is 0. The minimum atomic E-state index is -1.22. The summed E-state index contributed by atoms with van der Waals surface area (Å²) in [6.07, 6.45) is -0.235. The normalized spacial score (nSPS) is 12.5. The molecule has 21 heavy (non-hydrogen) atoms. The number of carbonyl (C=O) groups excluding carboxylic acids is 2. The third-order valence-electron chi connectivity index (χ3n) is 2.25. The smallest absolute Gasteiger partial charge is 0.322 e. The van der Waals surface area contributed by atoms with E-state index in [1.807, 2.05) is 0 Å². The van der Waals surface area contributed by atoms with Crippen molar-refractivity contribution in [3.8, 4) is 0 Å². The van der Waals surface area contributed by atoms with Gasteiger partial charge in [0.1, 0.15) is 18.6 Å². The first-order chi connectivity index (χ1) is 9.27. The maximum absolute atomic E-state index is 11.5. The molecule has 6 N–H and O–H groups in total. The van der Waals surface area contributed by atoms with Crippen LogP contribution in [0.15, 0.2) is 0 Å². The Morgan fingerprint density at radius 2 is 1.76 bits per heavy atom. The van der Waals surface area contributed by atoms with Gasteiger partial charge in [0.05, 0.1) is 0 Å². The van der Waals surface area contributed by atoms with Gasteiger partial charge in [-0.05, 0) is 6.42 Å². The molecule has 11 heteroatoms. The Kier molecular flexibility index (Phi) is 12.2. The Bertz CT molecular complexity index is 395. The van der Waals surface area contributed by atoms with Gasteiger partial charge < -0.3 is 26.6 Å². The van der Waals surface area contributed by atoms with Gasteiger partial charge in [-0.3, -0.25) is 19.2 Å². The van der Waals surface area contributed by atoms with Crippen LogP contribution in [0.25, 0.3) is 0 Å². The number of carboxylic acids is 2. The number of hydrogen-bond acceptors (Lipinski definition) is 6. The van der Waals surface area contributed by atoms with Gasteiger partial charge in [0.2, 0.25) is 11.8 Å². The van der Waals surface area contributed by atoms with Crippen molar-refractivity contribution in [2.24, 2.45) is 5.73 Å². The zero-order valence-corrected chi connectivity index (χ0v) is 13.2. The summed E-state index contributed by atoms with van der Waals surface area (Å²) < 4.78 is 0. The third-order valence-corrected chi connectivity index (χ3v) is 2.61. The molecule has 0 aliphatic heterocycles. The van der Waals surface area contributed by atoms with Crippen molar-refractivity contribution in [3.05, 3.63) is 0 Å². The first kappa shape index (κ1) is 22.2. The van der Waals surface area contributed by atoms with Crippen molar-refractivity contribution in [2.45, 2.75) is 24.9 Å². The summed E-state index contributed by atoms with van der Waals surface area (Å²) in [4.78, 5) is 43.7. The fraction of sp³-hybridized carbons (Fsp3) is 0.600. The quantitative estimate of drug-likeness (QED) is 0.184. The molecule has 2 amide bonds. The van der Waals surface area contributed by atoms with Crippen LogP contribution in [0.4, 0.5) is 0 Å². The molecule has 0 saturated heterocycles. The number of thiol groups is 1. The van der Waals surface area contributed by atoms with Crippen molar-refractivity contribution >= 4 is 36.4 Å². The molecular formula is C10H17AgN3O6S. The minimum Gasteiger partial charge on any atom is -0.480 e. The Labute approximate surface area is 141 Å². The summed E-state index contributed by atoms with van der Waals surface area (Å²) in [5.41, 5.74) is 5.23. The number of aliphatic carboxylic acids is 2. The van der Waals surface area contributed by atoms with Crippen LogP contribution in [-0.2, 0) is 41.6 Å². The summed E-state index contributed by atoms with van der Waals surface area (Å²) in [5.74, 6) is -3.70. The molecule has 0 bridgehead atoms. The van der Waals surface area contributed by atoms with Crippen molar-refractivity contribution in [1.29, 1.82) is 0 Å². The average Bonchev–Trinajstić information content (AvgIpc) is 2.38. The van der Waals surface area contributed by atoms with E-state index in [0.717, 1.165) is 0 Å². The summed E-state index contributed by atoms with van der Waals surface area (Å²) in [7, 11) is 0. The van der Waals surface area contributed by atoms with Crippen molar-refractivity contribution in [2.75, 3.05) is 12.3 Å². The fourth-order valence-corrected chi connectivity index (χ4v) is 1.41. The van der Waals surface area contributed by atoms with E-state index >= 15 is 0 Å². The molecule has 0 aliphatic rings. The van der Waals surface area contributed by atoms with Crippen LogP contribution < -0.4 is 16.4 Å². The second-order valence-corrected chi connectivity index (χ2v) is 4.26. The monoisotopic (exact) mass is 414 g/mol. The fourth-order valence-electron chi connectivity index (χ4n) is 1.16. The maximum Gasteiger partial charge on any atom is 0.322 e. The Morgan fingerprint density at radius 3 is 2.19 bits per heavy atom. The molecule has 0 aromatic rings. The molecule has 125 valence electrons.